The van der Waals surface area contributed by atoms with Crippen LogP contribution in [-0.2, 0) is 0 Å². The second-order valence-corrected chi connectivity index (χ2v) is 4.32. The van der Waals surface area contributed by atoms with E-state index in [1.54, 1.807) is 4.90 Å². The fourth-order valence-electron chi connectivity index (χ4n) is 1.81. The molecule has 1 aliphatic carbocycles. The smallest absolute Gasteiger partial charge is 0.254 e. The van der Waals surface area contributed by atoms with Crippen molar-refractivity contribution in [3.63, 3.8) is 0 Å². The lowest BCUT2D eigenvalue weighted by atomic mass is 10.1. The molecule has 0 aromatic heterocycles. The van der Waals surface area contributed by atoms with Crippen molar-refractivity contribution in [1.82, 2.24) is 4.90 Å². The van der Waals surface area contributed by atoms with Gasteiger partial charge in [-0.25, -0.2) is 0 Å². The Bertz CT molecular complexity index is 368. The Morgan fingerprint density at radius 1 is 1.38 bits per heavy atom. The first-order valence-electron chi connectivity index (χ1n) is 5.71. The van der Waals surface area contributed by atoms with Gasteiger partial charge in [-0.2, -0.15) is 0 Å². The van der Waals surface area contributed by atoms with Crippen LogP contribution in [0.15, 0.2) is 24.3 Å². The van der Waals surface area contributed by atoms with Gasteiger partial charge < -0.3 is 10.0 Å². The topological polar surface area (TPSA) is 40.5 Å². The molecule has 0 unspecified atom stereocenters. The minimum atomic E-state index is 0.0358. The lowest BCUT2D eigenvalue weighted by molar-refractivity contribution is 0.0707. The van der Waals surface area contributed by atoms with Crippen LogP contribution in [0.5, 0.6) is 0 Å². The van der Waals surface area contributed by atoms with Crippen LogP contribution < -0.4 is 0 Å². The molecule has 2 rings (SSSR count). The number of hydrogen-bond donors (Lipinski definition) is 1. The number of carbonyl (C=O) groups excluding carboxylic acids is 1. The van der Waals surface area contributed by atoms with Crippen LogP contribution in [0.4, 0.5) is 0 Å². The first-order chi connectivity index (χ1) is 7.72. The van der Waals surface area contributed by atoms with E-state index in [2.05, 4.69) is 0 Å². The van der Waals surface area contributed by atoms with Crippen molar-refractivity contribution < 1.29 is 9.90 Å². The van der Waals surface area contributed by atoms with Crippen LogP contribution >= 0.6 is 0 Å². The van der Waals surface area contributed by atoms with Gasteiger partial charge in [0.05, 0.1) is 6.61 Å². The average Bonchev–Trinajstić information content (AvgIpc) is 3.10. The van der Waals surface area contributed by atoms with Crippen LogP contribution in [0.3, 0.4) is 0 Å². The molecule has 16 heavy (non-hydrogen) atoms. The first kappa shape index (κ1) is 11.1. The van der Waals surface area contributed by atoms with Crippen molar-refractivity contribution in [1.29, 1.82) is 0 Å². The van der Waals surface area contributed by atoms with E-state index >= 15 is 0 Å². The molecule has 0 aliphatic heterocycles. The van der Waals surface area contributed by atoms with Gasteiger partial charge in [0.15, 0.2) is 0 Å². The molecule has 0 bridgehead atoms. The number of carbonyl (C=O) groups is 1. The molecule has 0 spiro atoms. The Morgan fingerprint density at radius 2 is 2.00 bits per heavy atom. The number of benzene rings is 1. The Morgan fingerprint density at radius 3 is 2.50 bits per heavy atom. The zero-order chi connectivity index (χ0) is 11.5. The molecule has 1 aromatic rings. The van der Waals surface area contributed by atoms with E-state index < -0.39 is 0 Å². The molecule has 0 atom stereocenters. The second-order valence-electron chi connectivity index (χ2n) is 4.32. The summed E-state index contributed by atoms with van der Waals surface area (Å²) in [5.74, 6) is 0.0385. The van der Waals surface area contributed by atoms with Gasteiger partial charge in [0.2, 0.25) is 0 Å². The van der Waals surface area contributed by atoms with Gasteiger partial charge in [-0.15, -0.1) is 0 Å². The van der Waals surface area contributed by atoms with Gasteiger partial charge in [-0.3, -0.25) is 4.79 Å². The fraction of sp³-hybridized carbons (Fsp3) is 0.462. The monoisotopic (exact) mass is 219 g/mol. The highest BCUT2D eigenvalue weighted by Gasteiger charge is 2.32. The highest BCUT2D eigenvalue weighted by atomic mass is 16.3. The van der Waals surface area contributed by atoms with Crippen LogP contribution in [0.2, 0.25) is 0 Å². The summed E-state index contributed by atoms with van der Waals surface area (Å²) < 4.78 is 0. The zero-order valence-corrected chi connectivity index (χ0v) is 9.52. The molecule has 1 N–H and O–H groups in total. The summed E-state index contributed by atoms with van der Waals surface area (Å²) in [6, 6.07) is 7.93. The molecule has 86 valence electrons. The summed E-state index contributed by atoms with van der Waals surface area (Å²) in [5.41, 5.74) is 1.86. The molecule has 1 fully saturated rings. The summed E-state index contributed by atoms with van der Waals surface area (Å²) in [5, 5.41) is 8.96. The molecular weight excluding hydrogens is 202 g/mol. The molecule has 1 aromatic carbocycles. The predicted octanol–water partition coefficient (Wildman–Crippen LogP) is 1.59. The zero-order valence-electron chi connectivity index (χ0n) is 9.52. The standard InChI is InChI=1S/C13H17NO2/c1-10-2-4-11(5-3-10)13(16)14(8-9-15)12-6-7-12/h2-5,12,15H,6-9H2,1H3. The number of nitrogens with zero attached hydrogens (tertiary/aromatic N) is 1. The van der Waals surface area contributed by atoms with Gasteiger partial charge in [0, 0.05) is 18.2 Å². The van der Waals surface area contributed by atoms with Crippen molar-refractivity contribution >= 4 is 5.91 Å². The Hall–Kier alpha value is -1.35. The summed E-state index contributed by atoms with van der Waals surface area (Å²) in [6.45, 7) is 2.48. The largest absolute Gasteiger partial charge is 0.395 e. The predicted molar refractivity (Wildman–Crippen MR) is 62.3 cm³/mol. The Labute approximate surface area is 95.7 Å². The van der Waals surface area contributed by atoms with E-state index in [0.29, 0.717) is 18.2 Å². The summed E-state index contributed by atoms with van der Waals surface area (Å²) in [6.07, 6.45) is 2.13. The van der Waals surface area contributed by atoms with E-state index in [0.717, 1.165) is 18.4 Å². The van der Waals surface area contributed by atoms with Crippen molar-refractivity contribution in [2.75, 3.05) is 13.2 Å². The minimum Gasteiger partial charge on any atom is -0.395 e. The fourth-order valence-corrected chi connectivity index (χ4v) is 1.81. The van der Waals surface area contributed by atoms with Gasteiger partial charge in [-0.05, 0) is 31.9 Å². The van der Waals surface area contributed by atoms with Crippen LogP contribution in [0.25, 0.3) is 0 Å². The average molecular weight is 219 g/mol. The normalized spacial score (nSPS) is 14.9. The number of aliphatic hydroxyl groups is 1. The molecule has 1 amide bonds. The molecule has 3 nitrogen and oxygen atoms in total. The van der Waals surface area contributed by atoms with Gasteiger partial charge in [0.25, 0.3) is 5.91 Å². The SMILES string of the molecule is Cc1ccc(C(=O)N(CCO)C2CC2)cc1. The molecule has 0 radical (unpaired) electrons. The summed E-state index contributed by atoms with van der Waals surface area (Å²) >= 11 is 0. The lowest BCUT2D eigenvalue weighted by Crippen LogP contribution is -2.35. The van der Waals surface area contributed by atoms with E-state index in [4.69, 9.17) is 5.11 Å². The highest BCUT2D eigenvalue weighted by molar-refractivity contribution is 5.94. The first-order valence-corrected chi connectivity index (χ1v) is 5.71. The molecule has 1 aliphatic rings. The maximum absolute atomic E-state index is 12.1. The summed E-state index contributed by atoms with van der Waals surface area (Å²) in [4.78, 5) is 13.9. The Kier molecular flexibility index (Phi) is 3.25. The third kappa shape index (κ3) is 2.42. The van der Waals surface area contributed by atoms with Crippen molar-refractivity contribution in [3.05, 3.63) is 35.4 Å². The number of amides is 1. The third-order valence-electron chi connectivity index (χ3n) is 2.89. The number of aliphatic hydroxyl groups excluding tert-OH is 1. The third-order valence-corrected chi connectivity index (χ3v) is 2.89. The van der Waals surface area contributed by atoms with E-state index in [1.807, 2.05) is 31.2 Å². The van der Waals surface area contributed by atoms with Gasteiger partial charge in [0.1, 0.15) is 0 Å². The molecule has 0 heterocycles. The lowest BCUT2D eigenvalue weighted by Gasteiger charge is -2.21. The van der Waals surface area contributed by atoms with E-state index in [9.17, 15) is 4.79 Å². The second kappa shape index (κ2) is 4.66. The van der Waals surface area contributed by atoms with Crippen molar-refractivity contribution in [2.24, 2.45) is 0 Å². The molecule has 3 heteroatoms. The van der Waals surface area contributed by atoms with Crippen molar-refractivity contribution in [2.45, 2.75) is 25.8 Å². The number of rotatable bonds is 4. The molecular formula is C13H17NO2. The molecule has 1 saturated carbocycles. The highest BCUT2D eigenvalue weighted by Crippen LogP contribution is 2.27. The molecule has 0 saturated heterocycles. The van der Waals surface area contributed by atoms with E-state index in [-0.39, 0.29) is 12.5 Å². The van der Waals surface area contributed by atoms with Crippen molar-refractivity contribution in [3.8, 4) is 0 Å². The van der Waals surface area contributed by atoms with Crippen LogP contribution in [0, 0.1) is 6.92 Å². The maximum atomic E-state index is 12.1. The minimum absolute atomic E-state index is 0.0358. The van der Waals surface area contributed by atoms with Crippen LogP contribution in [0.1, 0.15) is 28.8 Å². The Balaban J connectivity index is 2.12. The quantitative estimate of drug-likeness (QED) is 0.835. The number of hydrogen-bond acceptors (Lipinski definition) is 2. The van der Waals surface area contributed by atoms with Gasteiger partial charge >= 0.3 is 0 Å². The summed E-state index contributed by atoms with van der Waals surface area (Å²) in [7, 11) is 0. The maximum Gasteiger partial charge on any atom is 0.254 e. The van der Waals surface area contributed by atoms with Crippen LogP contribution in [-0.4, -0.2) is 35.1 Å². The van der Waals surface area contributed by atoms with E-state index in [1.165, 1.54) is 0 Å². The van der Waals surface area contributed by atoms with Gasteiger partial charge in [-0.1, -0.05) is 17.7 Å². The number of aryl methyl sites for hydroxylation is 1.